The van der Waals surface area contributed by atoms with Crippen molar-refractivity contribution in [3.8, 4) is 11.1 Å². The highest BCUT2D eigenvalue weighted by atomic mass is 35.5. The monoisotopic (exact) mass is 580 g/mol. The smallest absolute Gasteiger partial charge is 0.410 e. The Kier molecular flexibility index (Phi) is 8.46. The third-order valence-electron chi connectivity index (χ3n) is 6.71. The van der Waals surface area contributed by atoms with Crippen molar-refractivity contribution >= 4 is 40.5 Å². The summed E-state index contributed by atoms with van der Waals surface area (Å²) < 4.78 is 11.0. The van der Waals surface area contributed by atoms with Gasteiger partial charge in [0.05, 0.1) is 16.1 Å². The van der Waals surface area contributed by atoms with Crippen LogP contribution in [0.3, 0.4) is 0 Å². The summed E-state index contributed by atoms with van der Waals surface area (Å²) >= 11 is 6.74. The summed E-state index contributed by atoms with van der Waals surface area (Å²) in [6.45, 7) is 17.4. The Morgan fingerprint density at radius 2 is 1.46 bits per heavy atom. The van der Waals surface area contributed by atoms with Gasteiger partial charge in [0.2, 0.25) is 0 Å². The number of hydrogen-bond donors (Lipinski definition) is 1. The summed E-state index contributed by atoms with van der Waals surface area (Å²) in [5.74, 6) is 0.715. The van der Waals surface area contributed by atoms with Gasteiger partial charge in [0.1, 0.15) is 17.0 Å². The maximum Gasteiger partial charge on any atom is 0.410 e. The molecule has 1 N–H and O–H groups in total. The fourth-order valence-electron chi connectivity index (χ4n) is 4.69. The topological polar surface area (TPSA) is 84.0 Å². The molecule has 0 aliphatic carbocycles. The van der Waals surface area contributed by atoms with E-state index in [1.807, 2.05) is 91.8 Å². The van der Waals surface area contributed by atoms with Crippen LogP contribution in [0.25, 0.3) is 22.0 Å². The largest absolute Gasteiger partial charge is 0.444 e. The standard InChI is InChI=1S/C32H41ClN4O4/c1-30(2,3)40-28(38)35-32(7,8)24-11-9-10-21(19-24)22-12-13-26-23(18-22)20-25(33)27(34-26)36-14-16-37(17-15-36)29(39)41-31(4,5)6/h9-13,18-20H,14-17H2,1-8H3,(H,35,38). The summed E-state index contributed by atoms with van der Waals surface area (Å²) in [5, 5.41) is 4.48. The highest BCUT2D eigenvalue weighted by Crippen LogP contribution is 2.33. The first-order chi connectivity index (χ1) is 19.0. The normalized spacial score (nSPS) is 14.7. The van der Waals surface area contributed by atoms with Crippen LogP contribution in [0.1, 0.15) is 61.0 Å². The van der Waals surface area contributed by atoms with Crippen molar-refractivity contribution in [2.75, 3.05) is 31.1 Å². The predicted molar refractivity (Wildman–Crippen MR) is 165 cm³/mol. The Labute approximate surface area is 248 Å². The maximum absolute atomic E-state index is 12.4. The Bertz CT molecular complexity index is 1430. The highest BCUT2D eigenvalue weighted by Gasteiger charge is 2.28. The zero-order valence-corrected chi connectivity index (χ0v) is 26.1. The van der Waals surface area contributed by atoms with Crippen molar-refractivity contribution in [3.63, 3.8) is 0 Å². The van der Waals surface area contributed by atoms with Crippen LogP contribution in [0.4, 0.5) is 15.4 Å². The molecule has 0 unspecified atom stereocenters. The van der Waals surface area contributed by atoms with Crippen LogP contribution in [-0.2, 0) is 15.0 Å². The Morgan fingerprint density at radius 3 is 2.10 bits per heavy atom. The van der Waals surface area contributed by atoms with Crippen LogP contribution in [0, 0.1) is 0 Å². The van der Waals surface area contributed by atoms with Crippen molar-refractivity contribution in [3.05, 3.63) is 59.1 Å². The molecule has 9 heteroatoms. The molecular formula is C32H41ClN4O4. The van der Waals surface area contributed by atoms with Gasteiger partial charge in [-0.05, 0) is 96.3 Å². The van der Waals surface area contributed by atoms with Crippen molar-refractivity contribution in [2.24, 2.45) is 0 Å². The fraction of sp³-hybridized carbons (Fsp3) is 0.469. The third kappa shape index (κ3) is 7.82. The number of piperazine rings is 1. The number of carbonyl (C=O) groups is 2. The van der Waals surface area contributed by atoms with Crippen molar-refractivity contribution < 1.29 is 19.1 Å². The average molecular weight is 581 g/mol. The Hall–Kier alpha value is -3.52. The van der Waals surface area contributed by atoms with Gasteiger partial charge in [0.25, 0.3) is 0 Å². The van der Waals surface area contributed by atoms with E-state index in [2.05, 4.69) is 22.3 Å². The van der Waals surface area contributed by atoms with Gasteiger partial charge in [-0.25, -0.2) is 14.6 Å². The van der Waals surface area contributed by atoms with Crippen molar-refractivity contribution in [1.29, 1.82) is 0 Å². The van der Waals surface area contributed by atoms with Crippen LogP contribution < -0.4 is 10.2 Å². The molecule has 220 valence electrons. The minimum absolute atomic E-state index is 0.296. The number of fused-ring (bicyclic) bond motifs is 1. The molecule has 1 aromatic heterocycles. The number of pyridine rings is 1. The van der Waals surface area contributed by atoms with E-state index in [1.165, 1.54) is 0 Å². The molecule has 1 fully saturated rings. The second-order valence-corrected chi connectivity index (χ2v) is 13.4. The van der Waals surface area contributed by atoms with E-state index in [9.17, 15) is 9.59 Å². The van der Waals surface area contributed by atoms with Crippen molar-refractivity contribution in [2.45, 2.75) is 72.1 Å². The second kappa shape index (κ2) is 11.4. The number of aromatic nitrogens is 1. The molecular weight excluding hydrogens is 540 g/mol. The van der Waals surface area contributed by atoms with E-state index in [0.717, 1.165) is 27.6 Å². The summed E-state index contributed by atoms with van der Waals surface area (Å²) in [6, 6.07) is 16.2. The number of hydrogen-bond acceptors (Lipinski definition) is 6. The van der Waals surface area contributed by atoms with Gasteiger partial charge in [-0.3, -0.25) is 0 Å². The van der Waals surface area contributed by atoms with Gasteiger partial charge < -0.3 is 24.6 Å². The molecule has 0 saturated carbocycles. The zero-order valence-electron chi connectivity index (χ0n) is 25.3. The number of anilines is 1. The number of carbonyl (C=O) groups excluding carboxylic acids is 2. The minimum atomic E-state index is -0.636. The molecule has 0 atom stereocenters. The van der Waals surface area contributed by atoms with Crippen LogP contribution >= 0.6 is 11.6 Å². The molecule has 8 nitrogen and oxygen atoms in total. The number of ether oxygens (including phenoxy) is 2. The van der Waals surface area contributed by atoms with Crippen LogP contribution in [0.5, 0.6) is 0 Å². The number of halogens is 1. The number of benzene rings is 2. The summed E-state index contributed by atoms with van der Waals surface area (Å²) in [5.41, 5.74) is 2.10. The molecule has 0 spiro atoms. The minimum Gasteiger partial charge on any atom is -0.444 e. The van der Waals surface area contributed by atoms with E-state index in [-0.39, 0.29) is 6.09 Å². The third-order valence-corrected chi connectivity index (χ3v) is 6.99. The molecule has 1 aliphatic rings. The number of alkyl carbamates (subject to hydrolysis) is 1. The van der Waals surface area contributed by atoms with Crippen LogP contribution in [0.15, 0.2) is 48.5 Å². The van der Waals surface area contributed by atoms with Crippen molar-refractivity contribution in [1.82, 2.24) is 15.2 Å². The molecule has 4 rings (SSSR count). The lowest BCUT2D eigenvalue weighted by molar-refractivity contribution is 0.0240. The summed E-state index contributed by atoms with van der Waals surface area (Å²) in [6.07, 6.45) is -0.753. The van der Waals surface area contributed by atoms with E-state index in [0.29, 0.717) is 37.0 Å². The van der Waals surface area contributed by atoms with Gasteiger partial charge in [-0.2, -0.15) is 0 Å². The summed E-state index contributed by atoms with van der Waals surface area (Å²) in [4.78, 5) is 33.6. The molecule has 2 aromatic carbocycles. The number of nitrogens with one attached hydrogen (secondary N) is 1. The fourth-order valence-corrected chi connectivity index (χ4v) is 4.97. The van der Waals surface area contributed by atoms with E-state index in [1.54, 1.807) is 4.90 Å². The molecule has 2 amide bonds. The van der Waals surface area contributed by atoms with E-state index in [4.69, 9.17) is 26.1 Å². The van der Waals surface area contributed by atoms with Gasteiger partial charge in [0.15, 0.2) is 0 Å². The lowest BCUT2D eigenvalue weighted by Gasteiger charge is -2.36. The highest BCUT2D eigenvalue weighted by molar-refractivity contribution is 6.33. The molecule has 0 bridgehead atoms. The van der Waals surface area contributed by atoms with E-state index < -0.39 is 22.8 Å². The predicted octanol–water partition coefficient (Wildman–Crippen LogP) is 7.37. The first-order valence-electron chi connectivity index (χ1n) is 14.0. The number of rotatable bonds is 4. The van der Waals surface area contributed by atoms with Crippen LogP contribution in [0.2, 0.25) is 5.02 Å². The Balaban J connectivity index is 1.51. The van der Waals surface area contributed by atoms with E-state index >= 15 is 0 Å². The molecule has 1 aliphatic heterocycles. The number of amides is 2. The lowest BCUT2D eigenvalue weighted by atomic mass is 9.91. The van der Waals surface area contributed by atoms with Gasteiger partial charge in [-0.15, -0.1) is 0 Å². The zero-order chi connectivity index (χ0) is 30.2. The SMILES string of the molecule is CC(C)(C)OC(=O)NC(C)(C)c1cccc(-c2ccc3nc(N4CCN(C(=O)OC(C)(C)C)CC4)c(Cl)cc3c2)c1. The maximum atomic E-state index is 12.4. The average Bonchev–Trinajstić information content (AvgIpc) is 2.85. The molecule has 41 heavy (non-hydrogen) atoms. The van der Waals surface area contributed by atoms with Gasteiger partial charge >= 0.3 is 12.2 Å². The second-order valence-electron chi connectivity index (χ2n) is 13.0. The van der Waals surface area contributed by atoms with Gasteiger partial charge in [0, 0.05) is 31.6 Å². The molecule has 1 saturated heterocycles. The first-order valence-corrected chi connectivity index (χ1v) is 14.3. The first kappa shape index (κ1) is 30.4. The molecule has 3 aromatic rings. The molecule has 2 heterocycles. The Morgan fingerprint density at radius 1 is 0.829 bits per heavy atom. The lowest BCUT2D eigenvalue weighted by Crippen LogP contribution is -2.50. The van der Waals surface area contributed by atoms with Gasteiger partial charge in [-0.1, -0.05) is 35.9 Å². The quantitative estimate of drug-likeness (QED) is 0.347. The van der Waals surface area contributed by atoms with Crippen LogP contribution in [-0.4, -0.2) is 59.5 Å². The summed E-state index contributed by atoms with van der Waals surface area (Å²) in [7, 11) is 0. The molecule has 0 radical (unpaired) electrons. The number of nitrogens with zero attached hydrogens (tertiary/aromatic N) is 3.